The number of amides is 1. The highest BCUT2D eigenvalue weighted by molar-refractivity contribution is 5.67. The minimum atomic E-state index is -1.07. The van der Waals surface area contributed by atoms with Crippen molar-refractivity contribution >= 4 is 6.09 Å². The van der Waals surface area contributed by atoms with Gasteiger partial charge in [-0.25, -0.2) is 4.79 Å². The van der Waals surface area contributed by atoms with Gasteiger partial charge in [-0.3, -0.25) is 0 Å². The Balaban J connectivity index is 1.81. The topological polar surface area (TPSA) is 49.8 Å². The number of aliphatic hydroxyl groups is 1. The Bertz CT molecular complexity index is 470. The zero-order valence-electron chi connectivity index (χ0n) is 10.7. The summed E-state index contributed by atoms with van der Waals surface area (Å²) in [6, 6.07) is 9.52. The maximum atomic E-state index is 11.8. The maximum absolute atomic E-state index is 11.8. The van der Waals surface area contributed by atoms with Crippen LogP contribution < -0.4 is 0 Å². The highest BCUT2D eigenvalue weighted by Gasteiger charge is 2.32. The van der Waals surface area contributed by atoms with E-state index in [0.29, 0.717) is 25.9 Å². The van der Waals surface area contributed by atoms with Gasteiger partial charge >= 0.3 is 6.09 Å². The molecule has 4 heteroatoms. The van der Waals surface area contributed by atoms with Crippen molar-refractivity contribution in [1.29, 1.82) is 0 Å². The molecule has 2 rings (SSSR count). The van der Waals surface area contributed by atoms with Gasteiger partial charge in [0.15, 0.2) is 0 Å². The molecule has 1 N–H and O–H groups in total. The molecule has 0 atom stereocenters. The predicted molar refractivity (Wildman–Crippen MR) is 71.2 cm³/mol. The second-order valence-electron chi connectivity index (χ2n) is 4.70. The lowest BCUT2D eigenvalue weighted by Crippen LogP contribution is -2.46. The first-order valence-corrected chi connectivity index (χ1v) is 6.29. The summed E-state index contributed by atoms with van der Waals surface area (Å²) in [7, 11) is 0. The van der Waals surface area contributed by atoms with Gasteiger partial charge in [0.2, 0.25) is 0 Å². The summed E-state index contributed by atoms with van der Waals surface area (Å²) in [6.07, 6.45) is 5.69. The van der Waals surface area contributed by atoms with Crippen LogP contribution in [0.2, 0.25) is 0 Å². The number of rotatable bonds is 2. The van der Waals surface area contributed by atoms with Crippen molar-refractivity contribution in [3.63, 3.8) is 0 Å². The first-order chi connectivity index (χ1) is 9.13. The summed E-state index contributed by atoms with van der Waals surface area (Å²) in [5.74, 6) is 2.37. The van der Waals surface area contributed by atoms with Gasteiger partial charge in [-0.15, -0.1) is 6.42 Å². The smallest absolute Gasteiger partial charge is 0.410 e. The van der Waals surface area contributed by atoms with E-state index < -0.39 is 5.60 Å². The Morgan fingerprint density at radius 2 is 2.00 bits per heavy atom. The first kappa shape index (κ1) is 13.4. The first-order valence-electron chi connectivity index (χ1n) is 6.29. The molecular formula is C15H17NO3. The quantitative estimate of drug-likeness (QED) is 0.824. The number of carbonyl (C=O) groups excluding carboxylic acids is 1. The molecule has 0 spiro atoms. The predicted octanol–water partition coefficient (Wildman–Crippen LogP) is 1.78. The van der Waals surface area contributed by atoms with Gasteiger partial charge in [0.25, 0.3) is 0 Å². The summed E-state index contributed by atoms with van der Waals surface area (Å²) < 4.78 is 5.22. The van der Waals surface area contributed by atoms with Crippen molar-refractivity contribution in [3.8, 4) is 12.3 Å². The summed E-state index contributed by atoms with van der Waals surface area (Å²) >= 11 is 0. The van der Waals surface area contributed by atoms with E-state index >= 15 is 0 Å². The summed E-state index contributed by atoms with van der Waals surface area (Å²) in [4.78, 5) is 13.4. The zero-order valence-corrected chi connectivity index (χ0v) is 10.7. The van der Waals surface area contributed by atoms with E-state index in [-0.39, 0.29) is 12.7 Å². The zero-order chi connectivity index (χ0) is 13.7. The van der Waals surface area contributed by atoms with Crippen LogP contribution in [0.1, 0.15) is 18.4 Å². The Morgan fingerprint density at radius 1 is 1.37 bits per heavy atom. The normalized spacial score (nSPS) is 17.6. The van der Waals surface area contributed by atoms with E-state index in [1.54, 1.807) is 4.90 Å². The average Bonchev–Trinajstić information content (AvgIpc) is 2.47. The molecule has 1 aromatic rings. The second kappa shape index (κ2) is 5.77. The lowest BCUT2D eigenvalue weighted by atomic mass is 9.93. The SMILES string of the molecule is C#CC1(O)CCN(C(=O)OCc2ccccc2)CC1. The number of ether oxygens (including phenoxy) is 1. The van der Waals surface area contributed by atoms with Crippen LogP contribution in [0.5, 0.6) is 0 Å². The molecule has 0 radical (unpaired) electrons. The average molecular weight is 259 g/mol. The van der Waals surface area contributed by atoms with E-state index in [4.69, 9.17) is 11.2 Å². The molecule has 1 aliphatic rings. The third kappa shape index (κ3) is 3.49. The molecule has 1 heterocycles. The molecule has 0 saturated carbocycles. The van der Waals surface area contributed by atoms with Gasteiger partial charge in [0.1, 0.15) is 12.2 Å². The highest BCUT2D eigenvalue weighted by atomic mass is 16.6. The van der Waals surface area contributed by atoms with Gasteiger partial charge in [-0.1, -0.05) is 36.3 Å². The van der Waals surface area contributed by atoms with Crippen molar-refractivity contribution in [1.82, 2.24) is 4.90 Å². The summed E-state index contributed by atoms with van der Waals surface area (Å²) in [5.41, 5.74) is -0.121. The fraction of sp³-hybridized carbons (Fsp3) is 0.400. The van der Waals surface area contributed by atoms with E-state index in [1.807, 2.05) is 30.3 Å². The number of terminal acetylenes is 1. The third-order valence-electron chi connectivity index (χ3n) is 3.32. The van der Waals surface area contributed by atoms with E-state index in [9.17, 15) is 9.90 Å². The molecule has 0 unspecified atom stereocenters. The molecule has 1 amide bonds. The molecule has 0 aliphatic carbocycles. The minimum absolute atomic E-state index is 0.260. The monoisotopic (exact) mass is 259 g/mol. The van der Waals surface area contributed by atoms with Gasteiger partial charge in [-0.2, -0.15) is 0 Å². The van der Waals surface area contributed by atoms with Gasteiger partial charge < -0.3 is 14.7 Å². The highest BCUT2D eigenvalue weighted by Crippen LogP contribution is 2.21. The molecule has 0 bridgehead atoms. The largest absolute Gasteiger partial charge is 0.445 e. The van der Waals surface area contributed by atoms with Crippen LogP contribution in [0.25, 0.3) is 0 Å². The summed E-state index contributed by atoms with van der Waals surface area (Å²) in [6.45, 7) is 1.11. The van der Waals surface area contributed by atoms with E-state index in [0.717, 1.165) is 5.56 Å². The second-order valence-corrected chi connectivity index (χ2v) is 4.70. The van der Waals surface area contributed by atoms with Crippen LogP contribution in [0.4, 0.5) is 4.79 Å². The molecule has 1 fully saturated rings. The van der Waals surface area contributed by atoms with Crippen molar-refractivity contribution in [2.75, 3.05) is 13.1 Å². The molecule has 1 aromatic carbocycles. The van der Waals surface area contributed by atoms with Crippen LogP contribution in [0, 0.1) is 12.3 Å². The number of piperidine rings is 1. The Labute approximate surface area is 113 Å². The molecule has 19 heavy (non-hydrogen) atoms. The van der Waals surface area contributed by atoms with Gasteiger partial charge in [0, 0.05) is 25.9 Å². The molecule has 1 saturated heterocycles. The van der Waals surface area contributed by atoms with E-state index in [2.05, 4.69) is 5.92 Å². The summed E-state index contributed by atoms with van der Waals surface area (Å²) in [5, 5.41) is 9.87. The Hall–Kier alpha value is -1.99. The molecule has 1 aliphatic heterocycles. The molecular weight excluding hydrogens is 242 g/mol. The van der Waals surface area contributed by atoms with Crippen LogP contribution in [0.3, 0.4) is 0 Å². The molecule has 4 nitrogen and oxygen atoms in total. The van der Waals surface area contributed by atoms with Gasteiger partial charge in [0.05, 0.1) is 0 Å². The number of hydrogen-bond donors (Lipinski definition) is 1. The fourth-order valence-electron chi connectivity index (χ4n) is 2.01. The third-order valence-corrected chi connectivity index (χ3v) is 3.32. The molecule has 100 valence electrons. The Morgan fingerprint density at radius 3 is 2.58 bits per heavy atom. The van der Waals surface area contributed by atoms with Crippen LogP contribution >= 0.6 is 0 Å². The number of hydrogen-bond acceptors (Lipinski definition) is 3. The van der Waals surface area contributed by atoms with Gasteiger partial charge in [-0.05, 0) is 5.56 Å². The van der Waals surface area contributed by atoms with Crippen molar-refractivity contribution in [3.05, 3.63) is 35.9 Å². The maximum Gasteiger partial charge on any atom is 0.410 e. The Kier molecular flexibility index (Phi) is 4.08. The van der Waals surface area contributed by atoms with Crippen LogP contribution in [0.15, 0.2) is 30.3 Å². The van der Waals surface area contributed by atoms with Crippen LogP contribution in [-0.4, -0.2) is 34.8 Å². The number of carbonyl (C=O) groups is 1. The van der Waals surface area contributed by atoms with Crippen LogP contribution in [-0.2, 0) is 11.3 Å². The molecule has 0 aromatic heterocycles. The number of benzene rings is 1. The minimum Gasteiger partial charge on any atom is -0.445 e. The standard InChI is InChI=1S/C15H17NO3/c1-2-15(18)8-10-16(11-9-15)14(17)19-12-13-6-4-3-5-7-13/h1,3-7,18H,8-12H2. The van der Waals surface area contributed by atoms with Crippen molar-refractivity contribution in [2.24, 2.45) is 0 Å². The van der Waals surface area contributed by atoms with Crippen molar-refractivity contribution < 1.29 is 14.6 Å². The number of likely N-dealkylation sites (tertiary alicyclic amines) is 1. The lowest BCUT2D eigenvalue weighted by Gasteiger charge is -2.34. The van der Waals surface area contributed by atoms with E-state index in [1.165, 1.54) is 0 Å². The fourth-order valence-corrected chi connectivity index (χ4v) is 2.01. The number of nitrogens with zero attached hydrogens (tertiary/aromatic N) is 1. The lowest BCUT2D eigenvalue weighted by molar-refractivity contribution is 0.0204. The van der Waals surface area contributed by atoms with Crippen molar-refractivity contribution in [2.45, 2.75) is 25.0 Å².